The third kappa shape index (κ3) is 2.47. The first kappa shape index (κ1) is 13.6. The number of nitrogens with two attached hydrogens (primary N) is 1. The van der Waals surface area contributed by atoms with Crippen molar-refractivity contribution < 1.29 is 8.91 Å². The molecule has 6 heteroatoms. The van der Waals surface area contributed by atoms with Crippen molar-refractivity contribution in [1.82, 2.24) is 10.1 Å². The van der Waals surface area contributed by atoms with Crippen molar-refractivity contribution in [2.24, 2.45) is 0 Å². The number of piperidine rings is 1. The van der Waals surface area contributed by atoms with Crippen molar-refractivity contribution >= 4 is 28.3 Å². The van der Waals surface area contributed by atoms with Crippen LogP contribution in [0, 0.1) is 5.82 Å². The first-order valence-corrected chi connectivity index (χ1v) is 7.35. The Kier molecular flexibility index (Phi) is 3.81. The quantitative estimate of drug-likeness (QED) is 0.699. The molecule has 1 saturated heterocycles. The minimum atomic E-state index is -0.461. The van der Waals surface area contributed by atoms with Gasteiger partial charge in [-0.05, 0) is 32.0 Å². The molecule has 1 aliphatic heterocycles. The summed E-state index contributed by atoms with van der Waals surface area (Å²) in [5.41, 5.74) is 7.15. The van der Waals surface area contributed by atoms with E-state index in [1.165, 1.54) is 6.07 Å². The summed E-state index contributed by atoms with van der Waals surface area (Å²) in [4.78, 5) is 2.35. The van der Waals surface area contributed by atoms with Crippen molar-refractivity contribution in [2.75, 3.05) is 31.2 Å². The van der Waals surface area contributed by atoms with Crippen LogP contribution in [0.5, 0.6) is 0 Å². The van der Waals surface area contributed by atoms with Gasteiger partial charge in [-0.15, -0.1) is 11.6 Å². The van der Waals surface area contributed by atoms with Crippen LogP contribution in [0.15, 0.2) is 16.7 Å². The lowest BCUT2D eigenvalue weighted by atomic mass is 9.91. The molecule has 0 radical (unpaired) electrons. The van der Waals surface area contributed by atoms with Crippen molar-refractivity contribution in [3.63, 3.8) is 0 Å². The number of likely N-dealkylation sites (tertiary alicyclic amines) is 1. The minimum Gasteiger partial charge on any atom is -0.396 e. The Morgan fingerprint density at radius 2 is 2.15 bits per heavy atom. The number of fused-ring (bicyclic) bond motifs is 1. The summed E-state index contributed by atoms with van der Waals surface area (Å²) in [6.45, 7) is 2.93. The van der Waals surface area contributed by atoms with Crippen LogP contribution in [-0.4, -0.2) is 35.6 Å². The van der Waals surface area contributed by atoms with E-state index >= 15 is 0 Å². The highest BCUT2D eigenvalue weighted by Crippen LogP contribution is 2.33. The van der Waals surface area contributed by atoms with Crippen molar-refractivity contribution in [3.8, 4) is 0 Å². The Labute approximate surface area is 121 Å². The number of hydrogen-bond donors (Lipinski definition) is 1. The molecule has 0 bridgehead atoms. The predicted molar refractivity (Wildman–Crippen MR) is 77.5 cm³/mol. The van der Waals surface area contributed by atoms with Gasteiger partial charge in [0.1, 0.15) is 5.82 Å². The average Bonchev–Trinajstić information content (AvgIpc) is 2.83. The fourth-order valence-corrected chi connectivity index (χ4v) is 3.08. The van der Waals surface area contributed by atoms with E-state index in [0.29, 0.717) is 17.4 Å². The Balaban J connectivity index is 1.83. The molecule has 2 aromatic rings. The van der Waals surface area contributed by atoms with E-state index in [-0.39, 0.29) is 5.69 Å². The summed E-state index contributed by atoms with van der Waals surface area (Å²) >= 11 is 5.76. The zero-order valence-corrected chi connectivity index (χ0v) is 11.9. The van der Waals surface area contributed by atoms with Gasteiger partial charge in [0.2, 0.25) is 0 Å². The lowest BCUT2D eigenvalue weighted by Crippen LogP contribution is -2.34. The molecule has 1 aromatic heterocycles. The van der Waals surface area contributed by atoms with Crippen LogP contribution in [0.3, 0.4) is 0 Å². The van der Waals surface area contributed by atoms with Gasteiger partial charge in [-0.1, -0.05) is 5.16 Å². The van der Waals surface area contributed by atoms with Gasteiger partial charge in [-0.2, -0.15) is 0 Å². The molecule has 0 aliphatic carbocycles. The first-order valence-electron chi connectivity index (χ1n) is 6.81. The van der Waals surface area contributed by atoms with E-state index in [9.17, 15) is 4.39 Å². The standard InChI is InChI=1S/C14H17ClFN3O/c15-3-6-19-4-1-9(2-5-19)14-10-7-12(17)11(16)8-13(10)20-18-14/h7-9H,1-6,17H2. The maximum Gasteiger partial charge on any atom is 0.170 e. The van der Waals surface area contributed by atoms with Crippen LogP contribution in [0.4, 0.5) is 10.1 Å². The van der Waals surface area contributed by atoms with Gasteiger partial charge in [-0.25, -0.2) is 4.39 Å². The predicted octanol–water partition coefficient (Wildman–Crippen LogP) is 2.97. The molecule has 0 amide bonds. The van der Waals surface area contributed by atoms with E-state index in [0.717, 1.165) is 43.6 Å². The van der Waals surface area contributed by atoms with Gasteiger partial charge >= 0.3 is 0 Å². The van der Waals surface area contributed by atoms with Crippen molar-refractivity contribution in [1.29, 1.82) is 0 Å². The number of hydrogen-bond acceptors (Lipinski definition) is 4. The number of benzene rings is 1. The van der Waals surface area contributed by atoms with Crippen LogP contribution < -0.4 is 5.73 Å². The Bertz CT molecular complexity index is 608. The largest absolute Gasteiger partial charge is 0.396 e. The Hall–Kier alpha value is -1.33. The number of rotatable bonds is 3. The summed E-state index contributed by atoms with van der Waals surface area (Å²) < 4.78 is 18.6. The van der Waals surface area contributed by atoms with Crippen LogP contribution in [0.1, 0.15) is 24.5 Å². The zero-order valence-electron chi connectivity index (χ0n) is 11.1. The number of aromatic nitrogens is 1. The number of halogens is 2. The molecule has 2 heterocycles. The molecular weight excluding hydrogens is 281 g/mol. The number of alkyl halides is 1. The Morgan fingerprint density at radius 1 is 1.40 bits per heavy atom. The fourth-order valence-electron chi connectivity index (χ4n) is 2.84. The van der Waals surface area contributed by atoms with Crippen LogP contribution in [-0.2, 0) is 0 Å². The van der Waals surface area contributed by atoms with E-state index in [4.69, 9.17) is 21.9 Å². The molecule has 0 unspecified atom stereocenters. The molecule has 0 atom stereocenters. The van der Waals surface area contributed by atoms with Crippen molar-refractivity contribution in [2.45, 2.75) is 18.8 Å². The molecule has 0 saturated carbocycles. The summed E-state index contributed by atoms with van der Waals surface area (Å²) in [5, 5.41) is 4.96. The minimum absolute atomic E-state index is 0.140. The molecule has 2 N–H and O–H groups in total. The lowest BCUT2D eigenvalue weighted by Gasteiger charge is -2.30. The summed E-state index contributed by atoms with van der Waals surface area (Å²) in [7, 11) is 0. The van der Waals surface area contributed by atoms with Crippen LogP contribution in [0.25, 0.3) is 11.0 Å². The highest BCUT2D eigenvalue weighted by molar-refractivity contribution is 6.18. The third-order valence-corrected chi connectivity index (χ3v) is 4.16. The van der Waals surface area contributed by atoms with Crippen LogP contribution >= 0.6 is 11.6 Å². The van der Waals surface area contributed by atoms with Crippen molar-refractivity contribution in [3.05, 3.63) is 23.6 Å². The molecule has 3 rings (SSSR count). The van der Waals surface area contributed by atoms with E-state index in [1.807, 2.05) is 0 Å². The van der Waals surface area contributed by atoms with E-state index in [2.05, 4.69) is 10.1 Å². The second kappa shape index (κ2) is 5.58. The highest BCUT2D eigenvalue weighted by Gasteiger charge is 2.25. The normalized spacial score (nSPS) is 17.9. The monoisotopic (exact) mass is 297 g/mol. The number of anilines is 1. The fraction of sp³-hybridized carbons (Fsp3) is 0.500. The SMILES string of the molecule is Nc1cc2c(C3CCN(CCCl)CC3)noc2cc1F. The molecule has 1 aromatic carbocycles. The average molecular weight is 298 g/mol. The molecule has 4 nitrogen and oxygen atoms in total. The van der Waals surface area contributed by atoms with Gasteiger partial charge in [0.25, 0.3) is 0 Å². The molecule has 1 fully saturated rings. The second-order valence-electron chi connectivity index (χ2n) is 5.24. The van der Waals surface area contributed by atoms with Gasteiger partial charge in [-0.3, -0.25) is 0 Å². The van der Waals surface area contributed by atoms with E-state index < -0.39 is 5.82 Å². The number of nitrogen functional groups attached to an aromatic ring is 1. The molecule has 20 heavy (non-hydrogen) atoms. The zero-order chi connectivity index (χ0) is 14.1. The summed E-state index contributed by atoms with van der Waals surface area (Å²) in [5.74, 6) is 0.540. The number of nitrogens with zero attached hydrogens (tertiary/aromatic N) is 2. The molecule has 0 spiro atoms. The molecule has 108 valence electrons. The highest BCUT2D eigenvalue weighted by atomic mass is 35.5. The van der Waals surface area contributed by atoms with Gasteiger partial charge < -0.3 is 15.2 Å². The maximum absolute atomic E-state index is 13.4. The first-order chi connectivity index (χ1) is 9.69. The second-order valence-corrected chi connectivity index (χ2v) is 5.62. The van der Waals surface area contributed by atoms with Gasteiger partial charge in [0.15, 0.2) is 5.58 Å². The molecule has 1 aliphatic rings. The summed E-state index contributed by atoms with van der Waals surface area (Å²) in [6.07, 6.45) is 2.02. The van der Waals surface area contributed by atoms with E-state index in [1.54, 1.807) is 6.07 Å². The third-order valence-electron chi connectivity index (χ3n) is 3.99. The lowest BCUT2D eigenvalue weighted by molar-refractivity contribution is 0.220. The topological polar surface area (TPSA) is 55.3 Å². The van der Waals surface area contributed by atoms with Crippen LogP contribution in [0.2, 0.25) is 0 Å². The van der Waals surface area contributed by atoms with Gasteiger partial charge in [0, 0.05) is 29.8 Å². The van der Waals surface area contributed by atoms with Gasteiger partial charge in [0.05, 0.1) is 11.4 Å². The molecular formula is C14H17ClFN3O. The maximum atomic E-state index is 13.4. The smallest absolute Gasteiger partial charge is 0.170 e. The Morgan fingerprint density at radius 3 is 2.85 bits per heavy atom. The summed E-state index contributed by atoms with van der Waals surface area (Å²) in [6, 6.07) is 2.94.